The average Bonchev–Trinajstić information content (AvgIpc) is 3.34. The van der Waals surface area contributed by atoms with Crippen molar-refractivity contribution in [2.24, 2.45) is 0 Å². The molecule has 1 amide bonds. The van der Waals surface area contributed by atoms with Crippen LogP contribution in [0.25, 0.3) is 0 Å². The van der Waals surface area contributed by atoms with Crippen LogP contribution in [-0.2, 0) is 11.3 Å². The number of nitrogens with one attached hydrogen (secondary N) is 2. The van der Waals surface area contributed by atoms with Crippen LogP contribution in [-0.4, -0.2) is 38.8 Å². The van der Waals surface area contributed by atoms with Crippen LogP contribution < -0.4 is 15.1 Å². The number of nitrogens with zero attached hydrogens (tertiary/aromatic N) is 1. The molecule has 162 valence electrons. The van der Waals surface area contributed by atoms with Crippen molar-refractivity contribution in [3.05, 3.63) is 90.1 Å². The summed E-state index contributed by atoms with van der Waals surface area (Å²) in [6.07, 6.45) is 1.19. The lowest BCUT2D eigenvalue weighted by molar-refractivity contribution is -0.932. The molecule has 6 nitrogen and oxygen atoms in total. The number of para-hydroxylation sites is 1. The fourth-order valence-electron chi connectivity index (χ4n) is 3.99. The number of amides is 1. The lowest BCUT2D eigenvalue weighted by Gasteiger charge is -2.37. The van der Waals surface area contributed by atoms with Crippen molar-refractivity contribution in [3.8, 4) is 0 Å². The Bertz CT molecular complexity index is 957. The zero-order chi connectivity index (χ0) is 21.5. The van der Waals surface area contributed by atoms with Gasteiger partial charge in [-0.1, -0.05) is 42.5 Å². The van der Waals surface area contributed by atoms with Gasteiger partial charge in [-0.3, -0.25) is 0 Å². The number of ether oxygens (including phenoxy) is 1. The van der Waals surface area contributed by atoms with Crippen LogP contribution in [0.15, 0.2) is 77.4 Å². The highest BCUT2D eigenvalue weighted by atomic mass is 19.1. The third kappa shape index (κ3) is 5.44. The molecule has 1 saturated heterocycles. The van der Waals surface area contributed by atoms with E-state index in [1.54, 1.807) is 12.3 Å². The van der Waals surface area contributed by atoms with Crippen molar-refractivity contribution >= 4 is 11.8 Å². The Morgan fingerprint density at radius 3 is 2.52 bits per heavy atom. The van der Waals surface area contributed by atoms with Crippen molar-refractivity contribution in [1.29, 1.82) is 0 Å². The maximum Gasteiger partial charge on any atom is 0.407 e. The Hall–Kier alpha value is -3.32. The van der Waals surface area contributed by atoms with Crippen LogP contribution in [0, 0.1) is 5.82 Å². The summed E-state index contributed by atoms with van der Waals surface area (Å²) < 4.78 is 25.1. The van der Waals surface area contributed by atoms with Crippen molar-refractivity contribution in [2.75, 3.05) is 37.6 Å². The quantitative estimate of drug-likeness (QED) is 0.613. The fourth-order valence-corrected chi connectivity index (χ4v) is 3.99. The van der Waals surface area contributed by atoms with E-state index in [1.165, 1.54) is 11.0 Å². The lowest BCUT2D eigenvalue weighted by Crippen LogP contribution is -3.15. The van der Waals surface area contributed by atoms with Gasteiger partial charge in [0, 0.05) is 0 Å². The zero-order valence-electron chi connectivity index (χ0n) is 17.3. The van der Waals surface area contributed by atoms with Crippen LogP contribution in [0.4, 0.5) is 14.9 Å². The summed E-state index contributed by atoms with van der Waals surface area (Å²) in [5.41, 5.74) is 1.58. The number of anilines is 1. The van der Waals surface area contributed by atoms with E-state index in [9.17, 15) is 9.18 Å². The predicted molar refractivity (Wildman–Crippen MR) is 115 cm³/mol. The largest absolute Gasteiger partial charge is 0.463 e. The molecule has 4 rings (SSSR count). The summed E-state index contributed by atoms with van der Waals surface area (Å²) in [6, 6.07) is 20.2. The molecule has 31 heavy (non-hydrogen) atoms. The first-order valence-corrected chi connectivity index (χ1v) is 10.5. The van der Waals surface area contributed by atoms with Gasteiger partial charge in [0.15, 0.2) is 11.8 Å². The molecule has 2 aromatic carbocycles. The Balaban J connectivity index is 1.33. The van der Waals surface area contributed by atoms with Crippen LogP contribution in [0.1, 0.15) is 17.4 Å². The highest BCUT2D eigenvalue weighted by molar-refractivity contribution is 5.67. The highest BCUT2D eigenvalue weighted by Gasteiger charge is 2.31. The summed E-state index contributed by atoms with van der Waals surface area (Å²) in [5.74, 6) is 0.620. The first-order chi connectivity index (χ1) is 15.2. The second-order valence-electron chi connectivity index (χ2n) is 7.61. The molecule has 0 spiro atoms. The molecule has 1 atom stereocenters. The molecule has 0 aliphatic carbocycles. The van der Waals surface area contributed by atoms with Crippen LogP contribution in [0.3, 0.4) is 0 Å². The number of benzene rings is 2. The SMILES string of the molecule is O=C(NC[C@H](c1ccco1)[NH+]1CCN(c2ccccc2F)CC1)OCc1ccccc1. The number of carbonyl (C=O) groups excluding carboxylic acids is 1. The Kier molecular flexibility index (Phi) is 6.84. The van der Waals surface area contributed by atoms with Crippen molar-refractivity contribution in [1.82, 2.24) is 5.32 Å². The van der Waals surface area contributed by atoms with Gasteiger partial charge in [0.1, 0.15) is 12.4 Å². The monoisotopic (exact) mass is 424 g/mol. The first-order valence-electron chi connectivity index (χ1n) is 10.5. The van der Waals surface area contributed by atoms with E-state index >= 15 is 0 Å². The van der Waals surface area contributed by atoms with E-state index in [4.69, 9.17) is 9.15 Å². The number of halogens is 1. The maximum absolute atomic E-state index is 14.1. The van der Waals surface area contributed by atoms with Gasteiger partial charge in [-0.2, -0.15) is 0 Å². The average molecular weight is 424 g/mol. The van der Waals surface area contributed by atoms with Crippen molar-refractivity contribution < 1.29 is 23.2 Å². The molecule has 0 bridgehead atoms. The summed E-state index contributed by atoms with van der Waals surface area (Å²) in [4.78, 5) is 15.6. The maximum atomic E-state index is 14.1. The first kappa shape index (κ1) is 20.9. The molecular formula is C24H27FN3O3+. The molecule has 1 aliphatic heterocycles. The molecule has 0 unspecified atom stereocenters. The molecule has 1 aliphatic rings. The van der Waals surface area contributed by atoms with Crippen LogP contribution >= 0.6 is 0 Å². The second-order valence-corrected chi connectivity index (χ2v) is 7.61. The summed E-state index contributed by atoms with van der Waals surface area (Å²) in [6.45, 7) is 3.70. The van der Waals surface area contributed by atoms with Gasteiger partial charge in [-0.15, -0.1) is 0 Å². The lowest BCUT2D eigenvalue weighted by atomic mass is 10.1. The van der Waals surface area contributed by atoms with Gasteiger partial charge < -0.3 is 24.3 Å². The molecular weight excluding hydrogens is 397 g/mol. The number of rotatable bonds is 7. The smallest absolute Gasteiger partial charge is 0.407 e. The third-order valence-electron chi connectivity index (χ3n) is 5.64. The molecule has 7 heteroatoms. The van der Waals surface area contributed by atoms with E-state index in [2.05, 4.69) is 10.2 Å². The van der Waals surface area contributed by atoms with E-state index in [-0.39, 0.29) is 18.5 Å². The molecule has 1 fully saturated rings. The number of carbonyl (C=O) groups is 1. The number of hydrogen-bond donors (Lipinski definition) is 2. The van der Waals surface area contributed by atoms with Gasteiger partial charge >= 0.3 is 6.09 Å². The minimum atomic E-state index is -0.454. The van der Waals surface area contributed by atoms with Gasteiger partial charge in [0.25, 0.3) is 0 Å². The minimum Gasteiger partial charge on any atom is -0.463 e. The molecule has 2 heterocycles. The van der Waals surface area contributed by atoms with Gasteiger partial charge in [0.2, 0.25) is 0 Å². The molecule has 2 N–H and O–H groups in total. The number of furan rings is 1. The van der Waals surface area contributed by atoms with E-state index in [0.29, 0.717) is 12.2 Å². The number of quaternary nitrogens is 1. The Morgan fingerprint density at radius 2 is 1.81 bits per heavy atom. The molecule has 0 saturated carbocycles. The standard InChI is InChI=1S/C24H26FN3O3/c25-20-9-4-5-10-21(20)27-12-14-28(15-13-27)22(23-11-6-16-30-23)17-26-24(29)31-18-19-7-2-1-3-8-19/h1-11,16,22H,12-15,17-18H2,(H,26,29)/p+1/t22-/m1/s1. The third-order valence-corrected chi connectivity index (χ3v) is 5.64. The van der Waals surface area contributed by atoms with E-state index < -0.39 is 6.09 Å². The number of hydrogen-bond acceptors (Lipinski definition) is 4. The summed E-state index contributed by atoms with van der Waals surface area (Å²) in [7, 11) is 0. The zero-order valence-corrected chi connectivity index (χ0v) is 17.3. The molecule has 0 radical (unpaired) electrons. The second kappa shape index (κ2) is 10.1. The molecule has 3 aromatic rings. The van der Waals surface area contributed by atoms with Crippen molar-refractivity contribution in [3.63, 3.8) is 0 Å². The predicted octanol–water partition coefficient (Wildman–Crippen LogP) is 2.79. The van der Waals surface area contributed by atoms with E-state index in [1.807, 2.05) is 54.6 Å². The topological polar surface area (TPSA) is 59.2 Å². The number of alkyl carbamates (subject to hydrolysis) is 1. The van der Waals surface area contributed by atoms with Crippen molar-refractivity contribution in [2.45, 2.75) is 12.6 Å². The normalized spacial score (nSPS) is 15.5. The highest BCUT2D eigenvalue weighted by Crippen LogP contribution is 2.19. The van der Waals surface area contributed by atoms with Gasteiger partial charge in [0.05, 0.1) is 44.7 Å². The van der Waals surface area contributed by atoms with E-state index in [0.717, 1.165) is 37.5 Å². The number of piperazine rings is 1. The molecule has 1 aromatic heterocycles. The minimum absolute atomic E-state index is 0.0398. The van der Waals surface area contributed by atoms with Gasteiger partial charge in [-0.05, 0) is 29.8 Å². The Labute approximate surface area is 181 Å². The van der Waals surface area contributed by atoms with Crippen LogP contribution in [0.5, 0.6) is 0 Å². The van der Waals surface area contributed by atoms with Crippen LogP contribution in [0.2, 0.25) is 0 Å². The summed E-state index contributed by atoms with van der Waals surface area (Å²) >= 11 is 0. The Morgan fingerprint density at radius 1 is 1.06 bits per heavy atom. The van der Waals surface area contributed by atoms with Gasteiger partial charge in [-0.25, -0.2) is 9.18 Å². The summed E-state index contributed by atoms with van der Waals surface area (Å²) in [5, 5.41) is 2.88. The fraction of sp³-hybridized carbons (Fsp3) is 0.292.